The average molecular weight is 633 g/mol. The van der Waals surface area contributed by atoms with Crippen LogP contribution in [0, 0.1) is 0 Å². The Labute approximate surface area is 271 Å². The number of aromatic nitrogens is 1. The van der Waals surface area contributed by atoms with E-state index in [1.54, 1.807) is 11.3 Å². The molecule has 5 nitrogen and oxygen atoms in total. The summed E-state index contributed by atoms with van der Waals surface area (Å²) in [6.07, 6.45) is 11.6. The number of benzene rings is 4. The zero-order valence-corrected chi connectivity index (χ0v) is 28.2. The normalized spacial score (nSPS) is 14.9. The number of para-hydroxylation sites is 3. The lowest BCUT2D eigenvalue weighted by Gasteiger charge is -2.47. The van der Waals surface area contributed by atoms with Crippen molar-refractivity contribution in [2.45, 2.75) is 0 Å². The summed E-state index contributed by atoms with van der Waals surface area (Å²) in [4.78, 5) is 14.7. The van der Waals surface area contributed by atoms with Gasteiger partial charge in [0.15, 0.2) is 0 Å². The van der Waals surface area contributed by atoms with E-state index >= 15 is 0 Å². The molecule has 0 bridgehead atoms. The van der Waals surface area contributed by atoms with Crippen LogP contribution in [0.25, 0.3) is 27.4 Å². The second kappa shape index (κ2) is 12.5. The Kier molecular flexibility index (Phi) is 8.51. The molecule has 0 unspecified atom stereocenters. The van der Waals surface area contributed by atoms with E-state index in [0.717, 1.165) is 38.7 Å². The maximum atomic E-state index is 12.3. The van der Waals surface area contributed by atoms with Crippen molar-refractivity contribution in [1.82, 2.24) is 4.31 Å². The lowest BCUT2D eigenvalue weighted by molar-refractivity contribution is -0.642. The summed E-state index contributed by atoms with van der Waals surface area (Å²) in [6.45, 7) is 0. The van der Waals surface area contributed by atoms with Gasteiger partial charge in [0.2, 0.25) is 5.52 Å². The quantitative estimate of drug-likeness (QED) is 0.133. The second-order valence-corrected chi connectivity index (χ2v) is 16.2. The molecule has 0 atom stereocenters. The molecule has 7 heteroatoms. The summed E-state index contributed by atoms with van der Waals surface area (Å²) >= 11 is 1.77. The van der Waals surface area contributed by atoms with E-state index in [2.05, 4.69) is 145 Å². The number of methoxy groups -OCH3 is 1. The number of allylic oxidation sites excluding steroid dienone is 4. The summed E-state index contributed by atoms with van der Waals surface area (Å²) < 4.78 is 10.8. The molecule has 4 aromatic carbocycles. The first-order valence-corrected chi connectivity index (χ1v) is 18.0. The minimum atomic E-state index is -1.37. The summed E-state index contributed by atoms with van der Waals surface area (Å²) in [5.41, 5.74) is 8.40. The van der Waals surface area contributed by atoms with Gasteiger partial charge in [-0.2, -0.15) is 14.8 Å². The molecule has 0 fully saturated rings. The van der Waals surface area contributed by atoms with Crippen LogP contribution < -0.4 is 9.47 Å². The number of nitrogens with zero attached hydrogens (tertiary/aromatic N) is 3. The van der Waals surface area contributed by atoms with Gasteiger partial charge in [0.25, 0.3) is 5.01 Å². The maximum absolute atomic E-state index is 12.3. The number of aryl methyl sites for hydroxylation is 1. The number of ether oxygens (including phenoxy) is 1. The van der Waals surface area contributed by atoms with Gasteiger partial charge in [0.05, 0.1) is 23.4 Å². The van der Waals surface area contributed by atoms with Gasteiger partial charge in [0.1, 0.15) is 11.7 Å². The molecule has 1 aliphatic rings. The predicted octanol–water partition coefficient (Wildman–Crippen LogP) is 8.67. The first kappa shape index (κ1) is 30.6. The van der Waals surface area contributed by atoms with E-state index in [1.807, 2.05) is 24.3 Å². The highest BCUT2D eigenvalue weighted by Crippen LogP contribution is 2.58. The maximum Gasteiger partial charge on any atom is 0.337 e. The summed E-state index contributed by atoms with van der Waals surface area (Å²) in [7, 11) is 6.49. The number of fused-ring (bicyclic) bond motifs is 2. The van der Waals surface area contributed by atoms with Crippen LogP contribution in [0.15, 0.2) is 120 Å². The van der Waals surface area contributed by atoms with E-state index in [1.165, 1.54) is 22.4 Å². The first-order chi connectivity index (χ1) is 21.7. The number of hydrogen-bond acceptors (Lipinski definition) is 5. The van der Waals surface area contributed by atoms with Crippen molar-refractivity contribution in [3.63, 3.8) is 0 Å². The van der Waals surface area contributed by atoms with Gasteiger partial charge in [-0.3, -0.25) is 4.31 Å². The summed E-state index contributed by atoms with van der Waals surface area (Å²) in [5.74, 6) is -0.343. The fraction of sp³-hybridized carbons (Fsp3) is 0.158. The molecule has 5 aromatic rings. The van der Waals surface area contributed by atoms with Crippen LogP contribution >= 0.6 is 21.6 Å². The minimum absolute atomic E-state index is 0.343. The minimum Gasteiger partial charge on any atom is -0.465 e. The van der Waals surface area contributed by atoms with Gasteiger partial charge in [0, 0.05) is 23.4 Å². The third-order valence-electron chi connectivity index (χ3n) is 8.40. The van der Waals surface area contributed by atoms with E-state index in [0.29, 0.717) is 5.56 Å². The van der Waals surface area contributed by atoms with Gasteiger partial charge in [-0.15, -0.1) is 0 Å². The molecule has 1 aromatic heterocycles. The largest absolute Gasteiger partial charge is 0.465 e. The van der Waals surface area contributed by atoms with Crippen molar-refractivity contribution >= 4 is 66.3 Å². The number of carbonyl (C=O) groups excluding carboxylic acids is 1. The van der Waals surface area contributed by atoms with Gasteiger partial charge in [-0.25, -0.2) is 4.79 Å². The van der Waals surface area contributed by atoms with E-state index in [-0.39, 0.29) is 5.97 Å². The molecule has 0 saturated heterocycles. The number of thiazole rings is 1. The molecule has 0 saturated carbocycles. The molecule has 0 amide bonds. The molecular formula is C38H38N3O2S2+. The molecule has 0 radical (unpaired) electrons. The van der Waals surface area contributed by atoms with Crippen molar-refractivity contribution in [1.29, 1.82) is 0 Å². The highest BCUT2D eigenvalue weighted by atomic mass is 32.3. The Morgan fingerprint density at radius 1 is 0.867 bits per heavy atom. The fourth-order valence-corrected chi connectivity index (χ4v) is 8.04. The topological polar surface area (TPSA) is 36.7 Å². The van der Waals surface area contributed by atoms with Crippen molar-refractivity contribution < 1.29 is 14.1 Å². The van der Waals surface area contributed by atoms with Gasteiger partial charge < -0.3 is 9.64 Å². The smallest absolute Gasteiger partial charge is 0.337 e. The summed E-state index contributed by atoms with van der Waals surface area (Å²) in [5, 5.41) is 2.40. The highest BCUT2D eigenvalue weighted by molar-refractivity contribution is 8.33. The lowest BCUT2D eigenvalue weighted by atomic mass is 9.94. The van der Waals surface area contributed by atoms with Gasteiger partial charge in [-0.1, -0.05) is 72.0 Å². The van der Waals surface area contributed by atoms with Gasteiger partial charge in [-0.05, 0) is 91.9 Å². The molecule has 1 aliphatic heterocycles. The second-order valence-electron chi connectivity index (χ2n) is 11.5. The molecule has 0 N–H and O–H groups in total. The van der Waals surface area contributed by atoms with Crippen LogP contribution in [0.1, 0.15) is 26.5 Å². The molecule has 45 heavy (non-hydrogen) atoms. The van der Waals surface area contributed by atoms with Crippen molar-refractivity contribution in [3.8, 4) is 0 Å². The third kappa shape index (κ3) is 5.87. The zero-order chi connectivity index (χ0) is 31.7. The number of carbonyl (C=O) groups is 1. The first-order valence-electron chi connectivity index (χ1n) is 14.8. The van der Waals surface area contributed by atoms with E-state index in [4.69, 9.17) is 4.74 Å². The molecule has 0 aliphatic carbocycles. The monoisotopic (exact) mass is 632 g/mol. The van der Waals surface area contributed by atoms with Crippen LogP contribution in [-0.4, -0.2) is 44.0 Å². The van der Waals surface area contributed by atoms with Crippen LogP contribution in [-0.2, 0) is 11.8 Å². The third-order valence-corrected chi connectivity index (χ3v) is 12.7. The zero-order valence-electron chi connectivity index (χ0n) is 26.5. The van der Waals surface area contributed by atoms with Crippen LogP contribution in [0.4, 0.5) is 11.4 Å². The highest BCUT2D eigenvalue weighted by Gasteiger charge is 2.32. The SMILES string of the molecule is COC(=O)c1ccc(C(=C\c2sc3ccccc3[n+]2C)/C=C2\C=C(S(C)(C)N(C)C)N(c3ccccc3)c3ccccc32)cc1. The number of esters is 1. The molecule has 2 heterocycles. The van der Waals surface area contributed by atoms with E-state index in [9.17, 15) is 4.79 Å². The van der Waals surface area contributed by atoms with Crippen LogP contribution in [0.3, 0.4) is 0 Å². The number of anilines is 2. The van der Waals surface area contributed by atoms with E-state index < -0.39 is 10.2 Å². The predicted molar refractivity (Wildman–Crippen MR) is 193 cm³/mol. The van der Waals surface area contributed by atoms with Crippen molar-refractivity contribution in [3.05, 3.63) is 142 Å². The number of hydrogen-bond donors (Lipinski definition) is 0. The Morgan fingerprint density at radius 3 is 2.20 bits per heavy atom. The van der Waals surface area contributed by atoms with Crippen molar-refractivity contribution in [2.75, 3.05) is 38.6 Å². The van der Waals surface area contributed by atoms with Crippen LogP contribution in [0.5, 0.6) is 0 Å². The molecule has 0 spiro atoms. The van der Waals surface area contributed by atoms with Crippen LogP contribution in [0.2, 0.25) is 0 Å². The fourth-order valence-electron chi connectivity index (χ4n) is 5.50. The Bertz CT molecular complexity index is 1970. The standard InChI is InChI=1S/C38H38N3O2S2/c1-39(2)45(5,6)37-26-30(32-16-10-11-17-33(32)41(37)31-14-8-7-9-15-31)24-29(27-20-22-28(23-21-27)38(42)43-4)25-36-40(3)34-18-12-13-19-35(34)44-36/h7-26H,1-6H3/q+1. The summed E-state index contributed by atoms with van der Waals surface area (Å²) in [6, 6.07) is 35.5. The molecule has 228 valence electrons. The Balaban J connectivity index is 1.60. The Morgan fingerprint density at radius 2 is 1.51 bits per heavy atom. The lowest BCUT2D eigenvalue weighted by Crippen LogP contribution is -2.30. The number of rotatable bonds is 7. The Hall–Kier alpha value is -4.43. The van der Waals surface area contributed by atoms with Gasteiger partial charge >= 0.3 is 5.97 Å². The molecule has 6 rings (SSSR count). The average Bonchev–Trinajstić information content (AvgIpc) is 3.38. The molecular weight excluding hydrogens is 595 g/mol. The van der Waals surface area contributed by atoms with Crippen molar-refractivity contribution in [2.24, 2.45) is 7.05 Å².